The second-order valence-corrected chi connectivity index (χ2v) is 11.7. The highest BCUT2D eigenvalue weighted by molar-refractivity contribution is 7.93. The van der Waals surface area contributed by atoms with Gasteiger partial charge in [-0.3, -0.25) is 0 Å². The molecule has 1 aliphatic heterocycles. The molecule has 1 aromatic carbocycles. The Morgan fingerprint density at radius 1 is 1.03 bits per heavy atom. The standard InChI is InChI=1S/C20H27N3O5S2/c1-29(25,26)23-11-4-6-15(23)10-12-30(27,28)22-20(24)21-19-13-14-5-2-7-16(14)17-8-3-9-18(17)19/h10,12-13,15H,2-9,11H2,1H3,(H2,21,22,24)/b12-10+. The van der Waals surface area contributed by atoms with Gasteiger partial charge in [0.2, 0.25) is 10.0 Å². The minimum Gasteiger partial charge on any atom is -0.307 e. The first kappa shape index (κ1) is 21.3. The molecule has 0 bridgehead atoms. The number of urea groups is 1. The summed E-state index contributed by atoms with van der Waals surface area (Å²) >= 11 is 0. The average molecular weight is 454 g/mol. The quantitative estimate of drug-likeness (QED) is 0.709. The monoisotopic (exact) mass is 453 g/mol. The van der Waals surface area contributed by atoms with E-state index in [2.05, 4.69) is 5.32 Å². The largest absolute Gasteiger partial charge is 0.333 e. The van der Waals surface area contributed by atoms with Crippen LogP contribution in [-0.2, 0) is 45.7 Å². The number of nitrogens with one attached hydrogen (secondary N) is 2. The maximum absolute atomic E-state index is 12.4. The SMILES string of the molecule is CS(=O)(=O)N1CCCC1/C=C/S(=O)(=O)NC(=O)Nc1cc2c(c3c1CCC3)CCC2. The summed E-state index contributed by atoms with van der Waals surface area (Å²) in [6.45, 7) is 0.366. The van der Waals surface area contributed by atoms with E-state index < -0.39 is 32.1 Å². The van der Waals surface area contributed by atoms with Crippen LogP contribution in [0.3, 0.4) is 0 Å². The lowest BCUT2D eigenvalue weighted by molar-refractivity contribution is 0.256. The summed E-state index contributed by atoms with van der Waals surface area (Å²) in [4.78, 5) is 12.4. The topological polar surface area (TPSA) is 113 Å². The van der Waals surface area contributed by atoms with Crippen LogP contribution >= 0.6 is 0 Å². The molecule has 0 radical (unpaired) electrons. The third-order valence-electron chi connectivity index (χ3n) is 6.12. The van der Waals surface area contributed by atoms with Gasteiger partial charge in [0.05, 0.1) is 6.26 Å². The van der Waals surface area contributed by atoms with E-state index in [0.717, 1.165) is 55.8 Å². The second-order valence-electron chi connectivity index (χ2n) is 8.24. The van der Waals surface area contributed by atoms with Crippen molar-refractivity contribution < 1.29 is 21.6 Å². The Morgan fingerprint density at radius 2 is 1.73 bits per heavy atom. The number of nitrogens with zero attached hydrogens (tertiary/aromatic N) is 1. The van der Waals surface area contributed by atoms with Gasteiger partial charge in [-0.2, -0.15) is 4.31 Å². The van der Waals surface area contributed by atoms with Gasteiger partial charge in [0.1, 0.15) is 0 Å². The van der Waals surface area contributed by atoms with Crippen molar-refractivity contribution in [3.63, 3.8) is 0 Å². The van der Waals surface area contributed by atoms with Gasteiger partial charge in [0, 0.05) is 23.7 Å². The van der Waals surface area contributed by atoms with Gasteiger partial charge in [0.25, 0.3) is 10.0 Å². The van der Waals surface area contributed by atoms with Crippen molar-refractivity contribution in [2.75, 3.05) is 18.1 Å². The minimum atomic E-state index is -4.05. The fraction of sp³-hybridized carbons (Fsp3) is 0.550. The highest BCUT2D eigenvalue weighted by Gasteiger charge is 2.30. The zero-order chi connectivity index (χ0) is 21.5. The Bertz CT molecular complexity index is 1110. The second kappa shape index (κ2) is 7.97. The van der Waals surface area contributed by atoms with Crippen LogP contribution in [0.15, 0.2) is 17.6 Å². The smallest absolute Gasteiger partial charge is 0.307 e. The van der Waals surface area contributed by atoms with Crippen LogP contribution in [0.5, 0.6) is 0 Å². The van der Waals surface area contributed by atoms with Gasteiger partial charge in [-0.1, -0.05) is 6.08 Å². The lowest BCUT2D eigenvalue weighted by atomic mass is 9.98. The number of aryl methyl sites for hydroxylation is 1. The molecule has 0 aromatic heterocycles. The molecule has 1 saturated heterocycles. The first-order chi connectivity index (χ1) is 14.1. The van der Waals surface area contributed by atoms with Gasteiger partial charge in [-0.05, 0) is 79.7 Å². The number of carbonyl (C=O) groups is 1. The molecule has 1 unspecified atom stereocenters. The van der Waals surface area contributed by atoms with Gasteiger partial charge in [0.15, 0.2) is 0 Å². The predicted molar refractivity (Wildman–Crippen MR) is 115 cm³/mol. The average Bonchev–Trinajstić information content (AvgIpc) is 3.37. The first-order valence-corrected chi connectivity index (χ1v) is 13.7. The molecule has 2 N–H and O–H groups in total. The molecule has 0 saturated carbocycles. The number of amides is 2. The number of hydrogen-bond donors (Lipinski definition) is 2. The predicted octanol–water partition coefficient (Wildman–Crippen LogP) is 2.05. The summed E-state index contributed by atoms with van der Waals surface area (Å²) in [6, 6.07) is 0.662. The summed E-state index contributed by atoms with van der Waals surface area (Å²) in [5, 5.41) is 3.60. The fourth-order valence-corrected chi connectivity index (χ4v) is 6.79. The van der Waals surface area contributed by atoms with E-state index in [0.29, 0.717) is 25.1 Å². The molecule has 10 heteroatoms. The molecule has 8 nitrogen and oxygen atoms in total. The number of anilines is 1. The zero-order valence-electron chi connectivity index (χ0n) is 17.0. The Labute approximate surface area is 177 Å². The number of fused-ring (bicyclic) bond motifs is 3. The van der Waals surface area contributed by atoms with Crippen molar-refractivity contribution in [2.45, 2.75) is 57.4 Å². The Morgan fingerprint density at radius 3 is 2.50 bits per heavy atom. The van der Waals surface area contributed by atoms with Gasteiger partial charge in [-0.15, -0.1) is 0 Å². The molecule has 1 atom stereocenters. The Balaban J connectivity index is 1.45. The van der Waals surface area contributed by atoms with E-state index in [1.54, 1.807) is 0 Å². The maximum atomic E-state index is 12.4. The number of rotatable bonds is 5. The van der Waals surface area contributed by atoms with Gasteiger partial charge < -0.3 is 5.32 Å². The highest BCUT2D eigenvalue weighted by Crippen LogP contribution is 2.38. The van der Waals surface area contributed by atoms with Crippen LogP contribution in [0.25, 0.3) is 0 Å². The van der Waals surface area contributed by atoms with E-state index in [4.69, 9.17) is 0 Å². The number of sulfonamides is 2. The summed E-state index contributed by atoms with van der Waals surface area (Å²) in [6.07, 6.45) is 9.76. The molecule has 0 spiro atoms. The van der Waals surface area contributed by atoms with Crippen LogP contribution in [0.4, 0.5) is 10.5 Å². The van der Waals surface area contributed by atoms with Crippen LogP contribution < -0.4 is 10.0 Å². The molecule has 1 fully saturated rings. The third kappa shape index (κ3) is 4.40. The summed E-state index contributed by atoms with van der Waals surface area (Å²) in [7, 11) is -7.45. The fourth-order valence-electron chi connectivity index (χ4n) is 4.89. The normalized spacial score (nSPS) is 21.7. The summed E-state index contributed by atoms with van der Waals surface area (Å²) < 4.78 is 51.5. The van der Waals surface area contributed by atoms with E-state index >= 15 is 0 Å². The highest BCUT2D eigenvalue weighted by atomic mass is 32.2. The molecule has 1 aromatic rings. The van der Waals surface area contributed by atoms with Crippen LogP contribution in [0.1, 0.15) is 47.9 Å². The molecule has 1 heterocycles. The van der Waals surface area contributed by atoms with Crippen LogP contribution in [0.2, 0.25) is 0 Å². The number of benzene rings is 1. The molecular weight excluding hydrogens is 426 g/mol. The van der Waals surface area contributed by atoms with Crippen LogP contribution in [-0.4, -0.2) is 46.0 Å². The molecule has 2 aliphatic carbocycles. The Hall–Kier alpha value is -1.91. The van der Waals surface area contributed by atoms with E-state index in [9.17, 15) is 21.6 Å². The first-order valence-electron chi connectivity index (χ1n) is 10.3. The molecule has 2 amide bonds. The molecule has 30 heavy (non-hydrogen) atoms. The lowest BCUT2D eigenvalue weighted by Crippen LogP contribution is -2.35. The van der Waals surface area contributed by atoms with Crippen molar-refractivity contribution in [3.05, 3.63) is 39.8 Å². The number of hydrogen-bond acceptors (Lipinski definition) is 5. The molecule has 4 rings (SSSR count). The van der Waals surface area contributed by atoms with E-state index in [-0.39, 0.29) is 0 Å². The van der Waals surface area contributed by atoms with E-state index in [1.165, 1.54) is 27.1 Å². The maximum Gasteiger partial charge on any atom is 0.333 e. The molecular formula is C20H27N3O5S2. The van der Waals surface area contributed by atoms with Crippen molar-refractivity contribution in [2.24, 2.45) is 0 Å². The van der Waals surface area contributed by atoms with E-state index in [1.807, 2.05) is 10.8 Å². The Kier molecular flexibility index (Phi) is 5.67. The number of carbonyl (C=O) groups excluding carboxylic acids is 1. The van der Waals surface area contributed by atoms with Crippen molar-refractivity contribution in [1.82, 2.24) is 9.03 Å². The lowest BCUT2D eigenvalue weighted by Gasteiger charge is -2.18. The molecule has 164 valence electrons. The summed E-state index contributed by atoms with van der Waals surface area (Å²) in [5.41, 5.74) is 5.80. The van der Waals surface area contributed by atoms with Gasteiger partial charge >= 0.3 is 6.03 Å². The van der Waals surface area contributed by atoms with Crippen LogP contribution in [0, 0.1) is 0 Å². The minimum absolute atomic E-state index is 0.366. The summed E-state index contributed by atoms with van der Waals surface area (Å²) in [5.74, 6) is 0. The van der Waals surface area contributed by atoms with Crippen molar-refractivity contribution in [1.29, 1.82) is 0 Å². The van der Waals surface area contributed by atoms with Gasteiger partial charge in [-0.25, -0.2) is 26.4 Å². The zero-order valence-corrected chi connectivity index (χ0v) is 18.6. The molecule has 3 aliphatic rings. The third-order valence-corrected chi connectivity index (χ3v) is 8.41. The van der Waals surface area contributed by atoms with Crippen molar-refractivity contribution >= 4 is 31.8 Å². The van der Waals surface area contributed by atoms with Crippen molar-refractivity contribution in [3.8, 4) is 0 Å².